The van der Waals surface area contributed by atoms with Gasteiger partial charge in [0.1, 0.15) is 6.61 Å². The van der Waals surface area contributed by atoms with Crippen molar-refractivity contribution in [1.29, 1.82) is 0 Å². The zero-order valence-electron chi connectivity index (χ0n) is 15.7. The monoisotopic (exact) mass is 448 g/mol. The van der Waals surface area contributed by atoms with Crippen LogP contribution in [0.4, 0.5) is 0 Å². The van der Waals surface area contributed by atoms with Crippen molar-refractivity contribution in [2.24, 2.45) is 5.10 Å². The molecule has 0 unspecified atom stereocenters. The third-order valence-corrected chi connectivity index (χ3v) is 4.79. The lowest BCUT2D eigenvalue weighted by Crippen LogP contribution is -2.05. The summed E-state index contributed by atoms with van der Waals surface area (Å²) in [5.41, 5.74) is 5.79. The Kier molecular flexibility index (Phi) is 7.64. The first-order valence-electron chi connectivity index (χ1n) is 8.80. The molecule has 29 heavy (non-hydrogen) atoms. The van der Waals surface area contributed by atoms with E-state index in [0.29, 0.717) is 39.7 Å². The SMILES string of the molecule is COc1cc(/C=N\NCc2ccc(Cl)cc2)cc(Cl)c1OCc1cccc(Cl)c1. The Hall–Kier alpha value is -2.40. The number of ether oxygens (including phenoxy) is 2. The van der Waals surface area contributed by atoms with E-state index in [4.69, 9.17) is 44.3 Å². The number of hydrazone groups is 1. The minimum Gasteiger partial charge on any atom is -0.493 e. The Bertz CT molecular complexity index is 992. The molecule has 1 N–H and O–H groups in total. The Morgan fingerprint density at radius 2 is 1.72 bits per heavy atom. The Labute approximate surface area is 185 Å². The molecule has 0 heterocycles. The summed E-state index contributed by atoms with van der Waals surface area (Å²) in [6.45, 7) is 0.909. The predicted molar refractivity (Wildman–Crippen MR) is 120 cm³/mol. The molecular weight excluding hydrogens is 431 g/mol. The van der Waals surface area contributed by atoms with Gasteiger partial charge in [-0.2, -0.15) is 5.10 Å². The Balaban J connectivity index is 1.64. The lowest BCUT2D eigenvalue weighted by atomic mass is 10.2. The van der Waals surface area contributed by atoms with E-state index in [1.807, 2.05) is 54.6 Å². The van der Waals surface area contributed by atoms with Gasteiger partial charge in [0, 0.05) is 10.0 Å². The molecule has 0 saturated heterocycles. The van der Waals surface area contributed by atoms with E-state index in [9.17, 15) is 0 Å². The Morgan fingerprint density at radius 1 is 0.931 bits per heavy atom. The van der Waals surface area contributed by atoms with E-state index >= 15 is 0 Å². The highest BCUT2D eigenvalue weighted by molar-refractivity contribution is 6.32. The molecule has 0 bridgehead atoms. The van der Waals surface area contributed by atoms with Gasteiger partial charge in [-0.1, -0.05) is 59.1 Å². The molecule has 0 saturated carbocycles. The van der Waals surface area contributed by atoms with Crippen LogP contribution in [0, 0.1) is 0 Å². The zero-order valence-corrected chi connectivity index (χ0v) is 17.9. The van der Waals surface area contributed by atoms with Crippen molar-refractivity contribution < 1.29 is 9.47 Å². The second-order valence-electron chi connectivity index (χ2n) is 6.17. The van der Waals surface area contributed by atoms with E-state index in [1.54, 1.807) is 19.4 Å². The van der Waals surface area contributed by atoms with Gasteiger partial charge in [0.15, 0.2) is 11.5 Å². The van der Waals surface area contributed by atoms with Crippen molar-refractivity contribution in [3.8, 4) is 11.5 Å². The largest absolute Gasteiger partial charge is 0.493 e. The molecule has 0 amide bonds. The molecule has 0 aliphatic carbocycles. The molecule has 0 fully saturated rings. The maximum absolute atomic E-state index is 6.41. The van der Waals surface area contributed by atoms with Gasteiger partial charge in [-0.15, -0.1) is 0 Å². The van der Waals surface area contributed by atoms with E-state index in [2.05, 4.69) is 10.5 Å². The molecule has 0 aromatic heterocycles. The number of methoxy groups -OCH3 is 1. The van der Waals surface area contributed by atoms with Crippen LogP contribution in [0.3, 0.4) is 0 Å². The predicted octanol–water partition coefficient (Wildman–Crippen LogP) is 6.36. The van der Waals surface area contributed by atoms with Gasteiger partial charge in [0.2, 0.25) is 0 Å². The van der Waals surface area contributed by atoms with Gasteiger partial charge < -0.3 is 14.9 Å². The van der Waals surface area contributed by atoms with Gasteiger partial charge in [0.25, 0.3) is 0 Å². The summed E-state index contributed by atoms with van der Waals surface area (Å²) < 4.78 is 11.3. The smallest absolute Gasteiger partial charge is 0.180 e. The van der Waals surface area contributed by atoms with Crippen LogP contribution in [0.2, 0.25) is 15.1 Å². The van der Waals surface area contributed by atoms with Crippen LogP contribution in [0.25, 0.3) is 0 Å². The van der Waals surface area contributed by atoms with E-state index < -0.39 is 0 Å². The van der Waals surface area contributed by atoms with Crippen LogP contribution in [0.15, 0.2) is 65.8 Å². The first-order chi connectivity index (χ1) is 14.0. The summed E-state index contributed by atoms with van der Waals surface area (Å²) in [6, 6.07) is 18.6. The van der Waals surface area contributed by atoms with Crippen molar-refractivity contribution >= 4 is 41.0 Å². The molecular formula is C22H19Cl3N2O2. The van der Waals surface area contributed by atoms with Crippen molar-refractivity contribution in [1.82, 2.24) is 5.43 Å². The maximum Gasteiger partial charge on any atom is 0.180 e. The molecule has 3 aromatic rings. The number of hydrogen-bond acceptors (Lipinski definition) is 4. The van der Waals surface area contributed by atoms with Crippen LogP contribution in [0.1, 0.15) is 16.7 Å². The molecule has 0 aliphatic rings. The second kappa shape index (κ2) is 10.4. The maximum atomic E-state index is 6.41. The quantitative estimate of drug-likeness (QED) is 0.321. The van der Waals surface area contributed by atoms with E-state index in [1.165, 1.54) is 0 Å². The van der Waals surface area contributed by atoms with Crippen LogP contribution in [-0.4, -0.2) is 13.3 Å². The first-order valence-corrected chi connectivity index (χ1v) is 9.93. The molecule has 3 aromatic carbocycles. The highest BCUT2D eigenvalue weighted by atomic mass is 35.5. The number of nitrogens with one attached hydrogen (secondary N) is 1. The molecule has 0 radical (unpaired) electrons. The average molecular weight is 450 g/mol. The first kappa shape index (κ1) is 21.3. The van der Waals surface area contributed by atoms with Crippen molar-refractivity contribution in [2.45, 2.75) is 13.2 Å². The minimum atomic E-state index is 0.326. The van der Waals surface area contributed by atoms with E-state index in [0.717, 1.165) is 16.7 Å². The fraction of sp³-hybridized carbons (Fsp3) is 0.136. The number of nitrogens with zero attached hydrogens (tertiary/aromatic N) is 1. The van der Waals surface area contributed by atoms with Crippen LogP contribution >= 0.6 is 34.8 Å². The van der Waals surface area contributed by atoms with Gasteiger partial charge in [-0.05, 0) is 53.1 Å². The van der Waals surface area contributed by atoms with Crippen molar-refractivity contribution in [2.75, 3.05) is 7.11 Å². The van der Waals surface area contributed by atoms with E-state index in [-0.39, 0.29) is 0 Å². The Morgan fingerprint density at radius 3 is 2.45 bits per heavy atom. The topological polar surface area (TPSA) is 42.8 Å². The fourth-order valence-electron chi connectivity index (χ4n) is 2.60. The average Bonchev–Trinajstić information content (AvgIpc) is 2.71. The third kappa shape index (κ3) is 6.29. The van der Waals surface area contributed by atoms with Crippen LogP contribution < -0.4 is 14.9 Å². The standard InChI is InChI=1S/C22H19Cl3N2O2/c1-28-21-11-17(13-27-26-12-15-5-7-18(23)8-6-15)10-20(25)22(21)29-14-16-3-2-4-19(24)9-16/h2-11,13,26H,12,14H2,1H3/b27-13-. The van der Waals surface area contributed by atoms with Crippen LogP contribution in [-0.2, 0) is 13.2 Å². The van der Waals surface area contributed by atoms with Crippen LogP contribution in [0.5, 0.6) is 11.5 Å². The highest BCUT2D eigenvalue weighted by Crippen LogP contribution is 2.36. The van der Waals surface area contributed by atoms with Gasteiger partial charge >= 0.3 is 0 Å². The molecule has 3 rings (SSSR count). The highest BCUT2D eigenvalue weighted by Gasteiger charge is 2.12. The number of halogens is 3. The normalized spacial score (nSPS) is 10.9. The zero-order chi connectivity index (χ0) is 20.6. The van der Waals surface area contributed by atoms with Crippen molar-refractivity contribution in [3.05, 3.63) is 92.4 Å². The lowest BCUT2D eigenvalue weighted by Gasteiger charge is -2.13. The number of rotatable bonds is 8. The van der Waals surface area contributed by atoms with Gasteiger partial charge in [-0.3, -0.25) is 0 Å². The summed E-state index contributed by atoms with van der Waals surface area (Å²) in [4.78, 5) is 0. The molecule has 0 spiro atoms. The molecule has 0 aliphatic heterocycles. The summed E-state index contributed by atoms with van der Waals surface area (Å²) in [7, 11) is 1.57. The third-order valence-electron chi connectivity index (χ3n) is 4.03. The summed E-state index contributed by atoms with van der Waals surface area (Å²) in [5.74, 6) is 0.999. The number of hydrogen-bond donors (Lipinski definition) is 1. The molecule has 7 heteroatoms. The fourth-order valence-corrected chi connectivity index (χ4v) is 3.21. The summed E-state index contributed by atoms with van der Waals surface area (Å²) in [5, 5.41) is 6.03. The van der Waals surface area contributed by atoms with Gasteiger partial charge in [-0.25, -0.2) is 0 Å². The second-order valence-corrected chi connectivity index (χ2v) is 7.45. The summed E-state index contributed by atoms with van der Waals surface area (Å²) >= 11 is 18.3. The molecule has 4 nitrogen and oxygen atoms in total. The summed E-state index contributed by atoms with van der Waals surface area (Å²) in [6.07, 6.45) is 1.67. The lowest BCUT2D eigenvalue weighted by molar-refractivity contribution is 0.284. The molecule has 0 atom stereocenters. The molecule has 150 valence electrons. The minimum absolute atomic E-state index is 0.326. The number of benzene rings is 3. The van der Waals surface area contributed by atoms with Gasteiger partial charge in [0.05, 0.1) is 24.9 Å². The van der Waals surface area contributed by atoms with Crippen molar-refractivity contribution in [3.63, 3.8) is 0 Å².